The van der Waals surface area contributed by atoms with Crippen LogP contribution in [-0.4, -0.2) is 46.2 Å². The Morgan fingerprint density at radius 1 is 1.11 bits per heavy atom. The third kappa shape index (κ3) is 2.61. The molecule has 0 amide bonds. The van der Waals surface area contributed by atoms with E-state index in [1.807, 2.05) is 5.18 Å². The number of nitrogens with zero attached hydrogens (tertiary/aromatic N) is 4. The smallest absolute Gasteiger partial charge is 0.352 e. The lowest BCUT2D eigenvalue weighted by Crippen LogP contribution is -2.70. The van der Waals surface area contributed by atoms with Gasteiger partial charge in [-0.1, -0.05) is 10.4 Å². The first-order valence-corrected chi connectivity index (χ1v) is 4.54. The van der Waals surface area contributed by atoms with Crippen LogP contribution in [-0.2, 0) is 4.79 Å². The lowest BCUT2D eigenvalue weighted by molar-refractivity contribution is -0.144. The van der Waals surface area contributed by atoms with Gasteiger partial charge in [-0.05, 0) is 10.4 Å². The Hall–Kier alpha value is -2.25. The van der Waals surface area contributed by atoms with Crippen molar-refractivity contribution in [1.82, 2.24) is 0 Å². The molecule has 0 aliphatic heterocycles. The maximum absolute atomic E-state index is 10.8. The molecule has 13 nitrogen and oxygen atoms in total. The molecule has 19 heavy (non-hydrogen) atoms. The summed E-state index contributed by atoms with van der Waals surface area (Å²) < 4.78 is 0. The van der Waals surface area contributed by atoms with Crippen molar-refractivity contribution in [1.29, 1.82) is 0 Å². The SMILES string of the molecule is NC(N=O)(C(=O)O)C(N=O)C(N)(N=O)C(CO)N=O. The van der Waals surface area contributed by atoms with Crippen molar-refractivity contribution in [2.75, 3.05) is 6.61 Å². The van der Waals surface area contributed by atoms with Crippen molar-refractivity contribution >= 4 is 5.97 Å². The van der Waals surface area contributed by atoms with E-state index >= 15 is 0 Å². The first-order chi connectivity index (χ1) is 8.78. The molecule has 0 bridgehead atoms. The monoisotopic (exact) mass is 278 g/mol. The minimum atomic E-state index is -3.25. The Morgan fingerprint density at radius 3 is 1.84 bits per heavy atom. The summed E-state index contributed by atoms with van der Waals surface area (Å²) in [6, 6.07) is -4.60. The Morgan fingerprint density at radius 2 is 1.63 bits per heavy atom. The van der Waals surface area contributed by atoms with Gasteiger partial charge in [-0.25, -0.2) is 4.79 Å². The molecule has 0 heterocycles. The van der Waals surface area contributed by atoms with E-state index in [0.717, 1.165) is 0 Å². The number of hydrogen-bond donors (Lipinski definition) is 4. The summed E-state index contributed by atoms with van der Waals surface area (Å²) in [7, 11) is 0. The van der Waals surface area contributed by atoms with Gasteiger partial charge in [0.05, 0.1) is 6.61 Å². The zero-order valence-corrected chi connectivity index (χ0v) is 9.24. The van der Waals surface area contributed by atoms with Gasteiger partial charge in [0.25, 0.3) is 5.66 Å². The summed E-state index contributed by atoms with van der Waals surface area (Å²) in [5.41, 5.74) is 4.08. The third-order valence-electron chi connectivity index (χ3n) is 2.45. The minimum absolute atomic E-state index is 1.16. The van der Waals surface area contributed by atoms with E-state index in [1.54, 1.807) is 0 Å². The highest BCUT2D eigenvalue weighted by atomic mass is 16.4. The van der Waals surface area contributed by atoms with Crippen LogP contribution in [0.1, 0.15) is 0 Å². The molecule has 0 saturated heterocycles. The molecule has 13 heteroatoms. The first kappa shape index (κ1) is 16.8. The van der Waals surface area contributed by atoms with E-state index in [0.29, 0.717) is 0 Å². The van der Waals surface area contributed by atoms with Gasteiger partial charge in [0, 0.05) is 0 Å². The second kappa shape index (κ2) is 6.07. The quantitative estimate of drug-likeness (QED) is 0.347. The molecule has 0 spiro atoms. The number of nitroso groups, excluding NO2 is 4. The number of carboxylic acid groups (broad SMARTS) is 1. The van der Waals surface area contributed by atoms with Crippen molar-refractivity contribution < 1.29 is 15.0 Å². The molecule has 0 fully saturated rings. The zero-order valence-electron chi connectivity index (χ0n) is 9.24. The van der Waals surface area contributed by atoms with Crippen LogP contribution in [0.2, 0.25) is 0 Å². The third-order valence-corrected chi connectivity index (χ3v) is 2.45. The van der Waals surface area contributed by atoms with Crippen LogP contribution in [0.4, 0.5) is 0 Å². The Balaban J connectivity index is 5.96. The number of aliphatic hydroxyl groups excluding tert-OH is 1. The maximum atomic E-state index is 10.8. The normalized spacial score (nSPS) is 20.2. The van der Waals surface area contributed by atoms with Gasteiger partial charge in [-0.3, -0.25) is 5.73 Å². The predicted molar refractivity (Wildman–Crippen MR) is 59.3 cm³/mol. The van der Waals surface area contributed by atoms with Crippen LogP contribution >= 0.6 is 0 Å². The number of rotatable bonds is 9. The molecule has 0 aromatic heterocycles. The van der Waals surface area contributed by atoms with E-state index in [4.69, 9.17) is 21.7 Å². The van der Waals surface area contributed by atoms with E-state index in [-0.39, 0.29) is 0 Å². The number of aliphatic hydroxyl groups is 1. The second-order valence-corrected chi connectivity index (χ2v) is 3.51. The minimum Gasteiger partial charge on any atom is -0.478 e. The summed E-state index contributed by atoms with van der Waals surface area (Å²) in [6.07, 6.45) is 0. The largest absolute Gasteiger partial charge is 0.478 e. The highest BCUT2D eigenvalue weighted by Gasteiger charge is 2.61. The second-order valence-electron chi connectivity index (χ2n) is 3.51. The molecule has 0 rings (SSSR count). The fourth-order valence-corrected chi connectivity index (χ4v) is 1.28. The average Bonchev–Trinajstić information content (AvgIpc) is 2.40. The predicted octanol–water partition coefficient (Wildman–Crippen LogP) is -1.82. The molecular weight excluding hydrogens is 268 g/mol. The molecule has 4 atom stereocenters. The molecular formula is C6H10N6O7. The lowest BCUT2D eigenvalue weighted by atomic mass is 9.86. The first-order valence-electron chi connectivity index (χ1n) is 4.54. The molecule has 0 radical (unpaired) electrons. The Kier molecular flexibility index (Phi) is 5.36. The molecule has 0 aliphatic rings. The van der Waals surface area contributed by atoms with Crippen LogP contribution in [0.25, 0.3) is 0 Å². The Bertz CT molecular complexity index is 404. The van der Waals surface area contributed by atoms with Gasteiger partial charge in [0.2, 0.25) is 5.66 Å². The summed E-state index contributed by atoms with van der Waals surface area (Å²) in [6.45, 7) is -1.16. The van der Waals surface area contributed by atoms with Gasteiger partial charge in [-0.2, -0.15) is 9.81 Å². The molecule has 0 aromatic carbocycles. The molecule has 0 aliphatic carbocycles. The topological polar surface area (TPSA) is 227 Å². The number of aliphatic carboxylic acids is 1. The van der Waals surface area contributed by atoms with Crippen LogP contribution in [0.15, 0.2) is 20.7 Å². The summed E-state index contributed by atoms with van der Waals surface area (Å²) in [5.74, 6) is -2.13. The molecule has 6 N–H and O–H groups in total. The molecule has 0 aromatic rings. The maximum Gasteiger partial charge on any atom is 0.352 e. The highest BCUT2D eigenvalue weighted by Crippen LogP contribution is 2.28. The lowest BCUT2D eigenvalue weighted by Gasteiger charge is -2.33. The average molecular weight is 278 g/mol. The summed E-state index contributed by atoms with van der Waals surface area (Å²) in [4.78, 5) is 53.1. The van der Waals surface area contributed by atoms with Crippen molar-refractivity contribution in [2.24, 2.45) is 32.2 Å². The fourth-order valence-electron chi connectivity index (χ4n) is 1.28. The van der Waals surface area contributed by atoms with Crippen molar-refractivity contribution in [3.63, 3.8) is 0 Å². The van der Waals surface area contributed by atoms with Crippen LogP contribution < -0.4 is 11.5 Å². The van der Waals surface area contributed by atoms with Crippen molar-refractivity contribution in [2.45, 2.75) is 23.4 Å². The van der Waals surface area contributed by atoms with E-state index in [2.05, 4.69) is 15.5 Å². The van der Waals surface area contributed by atoms with E-state index in [9.17, 15) is 24.4 Å². The number of nitrogens with two attached hydrogens (primary N) is 2. The standard InChI is InChI=1S/C6H10N6O7/c7-5(11-18,2(1-13)9-16)3(10-17)6(8,12-19)4(14)15/h2-3,13H,1,7-8H2,(H,14,15). The highest BCUT2D eigenvalue weighted by molar-refractivity contribution is 5.79. The molecule has 4 unspecified atom stereocenters. The van der Waals surface area contributed by atoms with Gasteiger partial charge < -0.3 is 15.9 Å². The number of carbonyl (C=O) groups is 1. The fraction of sp³-hybridized carbons (Fsp3) is 0.833. The van der Waals surface area contributed by atoms with Crippen molar-refractivity contribution in [3.05, 3.63) is 19.6 Å². The number of hydrogen-bond acceptors (Lipinski definition) is 12. The van der Waals surface area contributed by atoms with Gasteiger partial charge in [-0.15, -0.1) is 9.81 Å². The van der Waals surface area contributed by atoms with Crippen LogP contribution in [0.5, 0.6) is 0 Å². The van der Waals surface area contributed by atoms with Crippen LogP contribution in [0, 0.1) is 19.6 Å². The molecule has 106 valence electrons. The van der Waals surface area contributed by atoms with Crippen molar-refractivity contribution in [3.8, 4) is 0 Å². The molecule has 0 saturated carbocycles. The van der Waals surface area contributed by atoms with Gasteiger partial charge >= 0.3 is 5.97 Å². The summed E-state index contributed by atoms with van der Waals surface area (Å²) >= 11 is 0. The van der Waals surface area contributed by atoms with Gasteiger partial charge in [0.15, 0.2) is 12.1 Å². The zero-order chi connectivity index (χ0) is 15.3. The van der Waals surface area contributed by atoms with Crippen LogP contribution in [0.3, 0.4) is 0 Å². The van der Waals surface area contributed by atoms with E-state index < -0.39 is 36.0 Å². The Labute approximate surface area is 104 Å². The van der Waals surface area contributed by atoms with E-state index in [1.165, 1.54) is 0 Å². The summed E-state index contributed by atoms with van der Waals surface area (Å²) in [5, 5.41) is 26.0. The number of carboxylic acids is 1. The van der Waals surface area contributed by atoms with Gasteiger partial charge in [0.1, 0.15) is 0 Å².